The average Bonchev–Trinajstić information content (AvgIpc) is 2.74. The van der Waals surface area contributed by atoms with E-state index in [1.54, 1.807) is 18.3 Å². The summed E-state index contributed by atoms with van der Waals surface area (Å²) in [4.78, 5) is 22.3. The molecule has 186 valence electrons. The number of nitrogens with zero attached hydrogens (tertiary/aromatic N) is 3. The van der Waals surface area contributed by atoms with Crippen LogP contribution in [-0.2, 0) is 4.79 Å². The molecule has 2 aromatic heterocycles. The minimum atomic E-state index is -4.69. The van der Waals surface area contributed by atoms with Crippen LogP contribution < -0.4 is 14.4 Å². The number of aromatic nitrogens is 2. The van der Waals surface area contributed by atoms with Gasteiger partial charge in [0.2, 0.25) is 5.88 Å². The first-order chi connectivity index (χ1) is 15.8. The van der Waals surface area contributed by atoms with Gasteiger partial charge in [0.1, 0.15) is 11.6 Å². The predicted molar refractivity (Wildman–Crippen MR) is 121 cm³/mol. The SMILES string of the molecule is CCCN(C(=O)/C=C\c1nc(OCC(F)(F)F)cc(OCC(F)(F)F)c1C)c1ccc(I)cn1. The molecule has 0 N–H and O–H groups in total. The second-order valence-corrected chi connectivity index (χ2v) is 8.18. The van der Waals surface area contributed by atoms with E-state index < -0.39 is 37.4 Å². The minimum absolute atomic E-state index is 0.0853. The highest BCUT2D eigenvalue weighted by molar-refractivity contribution is 14.1. The molecule has 13 heteroatoms. The van der Waals surface area contributed by atoms with E-state index in [9.17, 15) is 31.1 Å². The lowest BCUT2D eigenvalue weighted by atomic mass is 10.1. The average molecular weight is 603 g/mol. The molecule has 0 aromatic carbocycles. The molecule has 0 aliphatic carbocycles. The molecule has 0 unspecified atom stereocenters. The fourth-order valence-corrected chi connectivity index (χ4v) is 2.93. The van der Waals surface area contributed by atoms with E-state index in [1.165, 1.54) is 17.9 Å². The molecule has 0 spiro atoms. The van der Waals surface area contributed by atoms with Crippen LogP contribution in [0.25, 0.3) is 6.08 Å². The summed E-state index contributed by atoms with van der Waals surface area (Å²) in [6.45, 7) is 0.181. The molecular weight excluding hydrogens is 583 g/mol. The van der Waals surface area contributed by atoms with Crippen molar-refractivity contribution in [1.29, 1.82) is 0 Å². The van der Waals surface area contributed by atoms with Crippen LogP contribution >= 0.6 is 22.6 Å². The highest BCUT2D eigenvalue weighted by atomic mass is 127. The van der Waals surface area contributed by atoms with Gasteiger partial charge in [0, 0.05) is 34.0 Å². The molecule has 1 amide bonds. The van der Waals surface area contributed by atoms with E-state index in [0.717, 1.165) is 15.7 Å². The second-order valence-electron chi connectivity index (χ2n) is 6.93. The Hall–Kier alpha value is -2.58. The van der Waals surface area contributed by atoms with Crippen LogP contribution in [0, 0.1) is 10.5 Å². The fraction of sp³-hybridized carbons (Fsp3) is 0.381. The fourth-order valence-electron chi connectivity index (χ4n) is 2.61. The van der Waals surface area contributed by atoms with Gasteiger partial charge < -0.3 is 9.47 Å². The Morgan fingerprint density at radius 1 is 1.12 bits per heavy atom. The number of amides is 1. The number of carbonyl (C=O) groups is 1. The number of hydrogen-bond donors (Lipinski definition) is 0. The van der Waals surface area contributed by atoms with Crippen LogP contribution in [0.4, 0.5) is 32.2 Å². The highest BCUT2D eigenvalue weighted by Gasteiger charge is 2.30. The van der Waals surface area contributed by atoms with E-state index in [-0.39, 0.29) is 17.0 Å². The van der Waals surface area contributed by atoms with E-state index in [4.69, 9.17) is 4.74 Å². The molecule has 0 aliphatic heterocycles. The Kier molecular flexibility index (Phi) is 9.53. The molecule has 2 aromatic rings. The van der Waals surface area contributed by atoms with Crippen molar-refractivity contribution in [3.05, 3.63) is 45.3 Å². The van der Waals surface area contributed by atoms with Gasteiger partial charge in [0.15, 0.2) is 13.2 Å². The van der Waals surface area contributed by atoms with Gasteiger partial charge in [-0.15, -0.1) is 0 Å². The van der Waals surface area contributed by atoms with Gasteiger partial charge in [0.05, 0.1) is 5.69 Å². The monoisotopic (exact) mass is 603 g/mol. The van der Waals surface area contributed by atoms with Crippen LogP contribution in [0.3, 0.4) is 0 Å². The first-order valence-electron chi connectivity index (χ1n) is 9.81. The topological polar surface area (TPSA) is 64.6 Å². The van der Waals surface area contributed by atoms with E-state index >= 15 is 0 Å². The molecule has 0 aliphatic rings. The molecule has 2 rings (SSSR count). The number of alkyl halides is 6. The molecule has 0 saturated carbocycles. The molecule has 0 saturated heterocycles. The van der Waals surface area contributed by atoms with Crippen molar-refractivity contribution in [2.75, 3.05) is 24.7 Å². The Balaban J connectivity index is 2.36. The predicted octanol–water partition coefficient (Wildman–Crippen LogP) is 5.73. The third-order valence-electron chi connectivity index (χ3n) is 4.10. The van der Waals surface area contributed by atoms with Crippen LogP contribution in [0.2, 0.25) is 0 Å². The summed E-state index contributed by atoms with van der Waals surface area (Å²) in [5.74, 6) is -1.09. The minimum Gasteiger partial charge on any atom is -0.484 e. The lowest BCUT2D eigenvalue weighted by Gasteiger charge is -2.19. The lowest BCUT2D eigenvalue weighted by Crippen LogP contribution is -2.30. The van der Waals surface area contributed by atoms with Crippen molar-refractivity contribution in [2.45, 2.75) is 32.6 Å². The Labute approximate surface area is 205 Å². The van der Waals surface area contributed by atoms with Gasteiger partial charge in [-0.3, -0.25) is 9.69 Å². The summed E-state index contributed by atoms with van der Waals surface area (Å²) >= 11 is 2.06. The summed E-state index contributed by atoms with van der Waals surface area (Å²) in [5, 5.41) is 0. The van der Waals surface area contributed by atoms with Crippen LogP contribution in [0.5, 0.6) is 11.6 Å². The number of hydrogen-bond acceptors (Lipinski definition) is 5. The number of halogens is 7. The zero-order valence-corrected chi connectivity index (χ0v) is 20.2. The number of anilines is 1. The number of ether oxygens (including phenoxy) is 2. The van der Waals surface area contributed by atoms with E-state index in [0.29, 0.717) is 18.8 Å². The molecular formula is C21H20F6IN3O3. The highest BCUT2D eigenvalue weighted by Crippen LogP contribution is 2.29. The van der Waals surface area contributed by atoms with Crippen molar-refractivity contribution < 1.29 is 40.6 Å². The molecule has 0 atom stereocenters. The van der Waals surface area contributed by atoms with Crippen molar-refractivity contribution in [2.24, 2.45) is 0 Å². The first-order valence-corrected chi connectivity index (χ1v) is 10.9. The van der Waals surface area contributed by atoms with E-state index in [2.05, 4.69) is 37.3 Å². The molecule has 0 bridgehead atoms. The molecule has 2 heterocycles. The quantitative estimate of drug-likeness (QED) is 0.208. The van der Waals surface area contributed by atoms with E-state index in [1.807, 2.05) is 6.92 Å². The Morgan fingerprint density at radius 3 is 2.32 bits per heavy atom. The van der Waals surface area contributed by atoms with Crippen LogP contribution in [0.15, 0.2) is 30.5 Å². The molecule has 6 nitrogen and oxygen atoms in total. The summed E-state index contributed by atoms with van der Waals surface area (Å²) < 4.78 is 85.5. The zero-order valence-electron chi connectivity index (χ0n) is 18.0. The normalized spacial score (nSPS) is 12.1. The molecule has 0 radical (unpaired) electrons. The smallest absolute Gasteiger partial charge is 0.422 e. The standard InChI is InChI=1S/C21H20F6IN3O3/c1-3-8-31(17-6-4-14(28)10-29-17)19(32)7-5-15-13(2)16(33-11-20(22,23)24)9-18(30-15)34-12-21(25,26)27/h4-7,9-10H,3,8,11-12H2,1-2H3/b7-5-. The van der Waals surface area contributed by atoms with Gasteiger partial charge in [-0.05, 0) is 54.1 Å². The number of carbonyl (C=O) groups excluding carboxylic acids is 1. The summed E-state index contributed by atoms with van der Waals surface area (Å²) in [6.07, 6.45) is -4.89. The van der Waals surface area contributed by atoms with Gasteiger partial charge in [-0.25, -0.2) is 9.97 Å². The Morgan fingerprint density at radius 2 is 1.76 bits per heavy atom. The van der Waals surface area contributed by atoms with Gasteiger partial charge in [-0.2, -0.15) is 26.3 Å². The maximum atomic E-state index is 12.8. The van der Waals surface area contributed by atoms with Crippen LogP contribution in [0.1, 0.15) is 24.6 Å². The van der Waals surface area contributed by atoms with Crippen molar-refractivity contribution in [1.82, 2.24) is 9.97 Å². The summed E-state index contributed by atoms with van der Waals surface area (Å²) in [5.41, 5.74) is -0.000642. The number of rotatable bonds is 9. The third-order valence-corrected chi connectivity index (χ3v) is 4.74. The van der Waals surface area contributed by atoms with Crippen molar-refractivity contribution in [3.8, 4) is 11.6 Å². The van der Waals surface area contributed by atoms with Gasteiger partial charge in [-0.1, -0.05) is 6.92 Å². The van der Waals surface area contributed by atoms with Crippen molar-refractivity contribution >= 4 is 40.4 Å². The maximum absolute atomic E-state index is 12.8. The summed E-state index contributed by atoms with van der Waals surface area (Å²) in [6, 6.07) is 4.26. The third kappa shape index (κ3) is 8.99. The zero-order chi connectivity index (χ0) is 25.5. The Bertz CT molecular complexity index is 1010. The molecule has 34 heavy (non-hydrogen) atoms. The van der Waals surface area contributed by atoms with Gasteiger partial charge in [0.25, 0.3) is 5.91 Å². The van der Waals surface area contributed by atoms with Gasteiger partial charge >= 0.3 is 12.4 Å². The molecule has 0 fully saturated rings. The number of pyridine rings is 2. The van der Waals surface area contributed by atoms with Crippen molar-refractivity contribution in [3.63, 3.8) is 0 Å². The summed E-state index contributed by atoms with van der Waals surface area (Å²) in [7, 11) is 0. The largest absolute Gasteiger partial charge is 0.484 e. The lowest BCUT2D eigenvalue weighted by molar-refractivity contribution is -0.154. The first kappa shape index (κ1) is 27.7. The maximum Gasteiger partial charge on any atom is 0.422 e. The van der Waals surface area contributed by atoms with Crippen LogP contribution in [-0.4, -0.2) is 48.0 Å². The second kappa shape index (κ2) is 11.7.